The third-order valence-corrected chi connectivity index (χ3v) is 5.79. The predicted octanol–water partition coefficient (Wildman–Crippen LogP) is 4.89. The van der Waals surface area contributed by atoms with Gasteiger partial charge in [-0.05, 0) is 23.8 Å². The summed E-state index contributed by atoms with van der Waals surface area (Å²) in [6, 6.07) is 9.90. The Kier molecular flexibility index (Phi) is 5.57. The fourth-order valence-electron chi connectivity index (χ4n) is 1.67. The molecule has 3 nitrogen and oxygen atoms in total. The molecule has 0 saturated carbocycles. The van der Waals surface area contributed by atoms with Crippen molar-refractivity contribution in [3.05, 3.63) is 61.5 Å². The number of hydrogen-bond acceptors (Lipinski definition) is 2. The van der Waals surface area contributed by atoms with Gasteiger partial charge >= 0.3 is 0 Å². The Bertz CT molecular complexity index is 758. The minimum absolute atomic E-state index is 0.0426. The summed E-state index contributed by atoms with van der Waals surface area (Å²) in [5.74, 6) is 0. The van der Waals surface area contributed by atoms with E-state index < -0.39 is 10.0 Å². The van der Waals surface area contributed by atoms with Crippen LogP contribution in [-0.2, 0) is 16.6 Å². The molecule has 0 unspecified atom stereocenters. The van der Waals surface area contributed by atoms with Crippen molar-refractivity contribution in [3.63, 3.8) is 0 Å². The standard InChI is InChI=1S/C13H9BrCl3NO2S/c14-9-5-11(16)13(12(17)6-9)21(19,20)18-7-8-3-1-2-4-10(8)15/h1-6,18H,7H2. The first kappa shape index (κ1) is 17.1. The van der Waals surface area contributed by atoms with Gasteiger partial charge in [0.1, 0.15) is 4.90 Å². The first-order valence-electron chi connectivity index (χ1n) is 5.69. The molecule has 0 aromatic heterocycles. The molecule has 0 fully saturated rings. The van der Waals surface area contributed by atoms with Gasteiger partial charge in [-0.1, -0.05) is 68.9 Å². The van der Waals surface area contributed by atoms with Crippen LogP contribution < -0.4 is 4.72 Å². The van der Waals surface area contributed by atoms with E-state index in [1.165, 1.54) is 12.1 Å². The van der Waals surface area contributed by atoms with Gasteiger partial charge in [0.2, 0.25) is 10.0 Å². The summed E-state index contributed by atoms with van der Waals surface area (Å²) in [5, 5.41) is 0.565. The SMILES string of the molecule is O=S(=O)(NCc1ccccc1Cl)c1c(Cl)cc(Br)cc1Cl. The quantitative estimate of drug-likeness (QED) is 0.752. The summed E-state index contributed by atoms with van der Waals surface area (Å²) in [4.78, 5) is -0.152. The topological polar surface area (TPSA) is 46.2 Å². The Morgan fingerprint density at radius 3 is 2.14 bits per heavy atom. The van der Waals surface area contributed by atoms with Crippen LogP contribution in [0, 0.1) is 0 Å². The molecule has 0 aliphatic rings. The van der Waals surface area contributed by atoms with E-state index in [9.17, 15) is 8.42 Å². The van der Waals surface area contributed by atoms with E-state index >= 15 is 0 Å². The molecule has 2 aromatic rings. The van der Waals surface area contributed by atoms with Gasteiger partial charge in [0.25, 0.3) is 0 Å². The van der Waals surface area contributed by atoms with Crippen molar-refractivity contribution in [2.24, 2.45) is 0 Å². The third-order valence-electron chi connectivity index (χ3n) is 2.64. The molecule has 112 valence electrons. The molecule has 0 bridgehead atoms. The summed E-state index contributed by atoms with van der Waals surface area (Å²) < 4.78 is 27.7. The largest absolute Gasteiger partial charge is 0.243 e. The number of hydrogen-bond donors (Lipinski definition) is 1. The zero-order chi connectivity index (χ0) is 15.6. The number of benzene rings is 2. The predicted molar refractivity (Wildman–Crippen MR) is 89.6 cm³/mol. The van der Waals surface area contributed by atoms with Crippen molar-refractivity contribution >= 4 is 60.8 Å². The van der Waals surface area contributed by atoms with Gasteiger partial charge in [-0.15, -0.1) is 0 Å². The molecular weight excluding hydrogens is 420 g/mol. The molecule has 0 aliphatic heterocycles. The van der Waals surface area contributed by atoms with Crippen molar-refractivity contribution in [2.45, 2.75) is 11.4 Å². The summed E-state index contributed by atoms with van der Waals surface area (Å²) in [7, 11) is -3.85. The van der Waals surface area contributed by atoms with Crippen LogP contribution in [0.3, 0.4) is 0 Å². The zero-order valence-corrected chi connectivity index (χ0v) is 15.1. The summed E-state index contributed by atoms with van der Waals surface area (Å²) in [5.41, 5.74) is 0.659. The Labute approximate surface area is 146 Å². The summed E-state index contributed by atoms with van der Waals surface area (Å²) in [6.45, 7) is 0.0464. The molecule has 2 aromatic carbocycles. The highest BCUT2D eigenvalue weighted by atomic mass is 79.9. The lowest BCUT2D eigenvalue weighted by atomic mass is 10.2. The average Bonchev–Trinajstić information content (AvgIpc) is 2.36. The van der Waals surface area contributed by atoms with Crippen LogP contribution in [0.2, 0.25) is 15.1 Å². The molecular formula is C13H9BrCl3NO2S. The van der Waals surface area contributed by atoms with Crippen molar-refractivity contribution in [2.75, 3.05) is 0 Å². The maximum atomic E-state index is 12.3. The van der Waals surface area contributed by atoms with Crippen LogP contribution in [0.1, 0.15) is 5.56 Å². The van der Waals surface area contributed by atoms with Gasteiger partial charge < -0.3 is 0 Å². The Morgan fingerprint density at radius 1 is 1.00 bits per heavy atom. The monoisotopic (exact) mass is 427 g/mol. The number of halogens is 4. The van der Waals surface area contributed by atoms with Gasteiger partial charge in [-0.3, -0.25) is 0 Å². The van der Waals surface area contributed by atoms with Crippen LogP contribution in [0.4, 0.5) is 0 Å². The molecule has 0 amide bonds. The van der Waals surface area contributed by atoms with E-state index in [4.69, 9.17) is 34.8 Å². The average molecular weight is 430 g/mol. The Balaban J connectivity index is 2.30. The molecule has 0 atom stereocenters. The summed E-state index contributed by atoms with van der Waals surface area (Å²) in [6.07, 6.45) is 0. The first-order chi connectivity index (χ1) is 9.81. The van der Waals surface area contributed by atoms with E-state index in [2.05, 4.69) is 20.7 Å². The maximum Gasteiger partial charge on any atom is 0.243 e. The summed E-state index contributed by atoms with van der Waals surface area (Å²) >= 11 is 21.1. The maximum absolute atomic E-state index is 12.3. The van der Waals surface area contributed by atoms with E-state index in [0.717, 1.165) is 0 Å². The number of nitrogens with one attached hydrogen (secondary N) is 1. The number of rotatable bonds is 4. The van der Waals surface area contributed by atoms with Gasteiger partial charge in [0.05, 0.1) is 10.0 Å². The molecule has 8 heteroatoms. The van der Waals surface area contributed by atoms with E-state index in [1.54, 1.807) is 24.3 Å². The van der Waals surface area contributed by atoms with Crippen molar-refractivity contribution in [1.29, 1.82) is 0 Å². The molecule has 0 heterocycles. The molecule has 0 saturated heterocycles. The Morgan fingerprint density at radius 2 is 1.57 bits per heavy atom. The second kappa shape index (κ2) is 6.86. The van der Waals surface area contributed by atoms with Crippen LogP contribution in [0.5, 0.6) is 0 Å². The molecule has 1 N–H and O–H groups in total. The van der Waals surface area contributed by atoms with Gasteiger partial charge in [0.15, 0.2) is 0 Å². The Hall–Kier alpha value is -0.300. The van der Waals surface area contributed by atoms with E-state index in [-0.39, 0.29) is 21.5 Å². The smallest absolute Gasteiger partial charge is 0.207 e. The van der Waals surface area contributed by atoms with Crippen molar-refractivity contribution < 1.29 is 8.42 Å². The number of sulfonamides is 1. The zero-order valence-electron chi connectivity index (χ0n) is 10.4. The second-order valence-electron chi connectivity index (χ2n) is 4.11. The lowest BCUT2D eigenvalue weighted by Gasteiger charge is -2.11. The van der Waals surface area contributed by atoms with Crippen LogP contribution >= 0.6 is 50.7 Å². The highest BCUT2D eigenvalue weighted by Gasteiger charge is 2.22. The third kappa shape index (κ3) is 4.12. The van der Waals surface area contributed by atoms with E-state index in [0.29, 0.717) is 15.1 Å². The fraction of sp³-hybridized carbons (Fsp3) is 0.0769. The highest BCUT2D eigenvalue weighted by molar-refractivity contribution is 9.10. The lowest BCUT2D eigenvalue weighted by Crippen LogP contribution is -2.24. The van der Waals surface area contributed by atoms with Crippen LogP contribution in [0.25, 0.3) is 0 Å². The van der Waals surface area contributed by atoms with Crippen LogP contribution in [-0.4, -0.2) is 8.42 Å². The normalized spacial score (nSPS) is 11.6. The first-order valence-corrected chi connectivity index (χ1v) is 9.10. The second-order valence-corrected chi connectivity index (χ2v) is 7.96. The molecule has 0 aliphatic carbocycles. The lowest BCUT2D eigenvalue weighted by molar-refractivity contribution is 0.581. The van der Waals surface area contributed by atoms with Crippen molar-refractivity contribution in [1.82, 2.24) is 4.72 Å². The van der Waals surface area contributed by atoms with E-state index in [1.807, 2.05) is 0 Å². The fourth-order valence-corrected chi connectivity index (χ4v) is 4.81. The van der Waals surface area contributed by atoms with Crippen LogP contribution in [0.15, 0.2) is 45.8 Å². The highest BCUT2D eigenvalue weighted by Crippen LogP contribution is 2.32. The van der Waals surface area contributed by atoms with Gasteiger partial charge in [-0.25, -0.2) is 13.1 Å². The molecule has 0 radical (unpaired) electrons. The minimum atomic E-state index is -3.85. The minimum Gasteiger partial charge on any atom is -0.207 e. The molecule has 0 spiro atoms. The molecule has 2 rings (SSSR count). The van der Waals surface area contributed by atoms with Gasteiger partial charge in [-0.2, -0.15) is 0 Å². The van der Waals surface area contributed by atoms with Gasteiger partial charge in [0, 0.05) is 16.0 Å². The van der Waals surface area contributed by atoms with Crippen molar-refractivity contribution in [3.8, 4) is 0 Å². The molecule has 21 heavy (non-hydrogen) atoms.